The van der Waals surface area contributed by atoms with Gasteiger partial charge in [-0.1, -0.05) is 66.1 Å². The van der Waals surface area contributed by atoms with Crippen molar-refractivity contribution in [2.24, 2.45) is 0 Å². The highest BCUT2D eigenvalue weighted by molar-refractivity contribution is 7.13. The van der Waals surface area contributed by atoms with Crippen molar-refractivity contribution < 1.29 is 9.32 Å². The van der Waals surface area contributed by atoms with E-state index in [0.29, 0.717) is 23.3 Å². The van der Waals surface area contributed by atoms with Gasteiger partial charge in [0, 0.05) is 10.7 Å². The maximum atomic E-state index is 13.3. The quantitative estimate of drug-likeness (QED) is 0.326. The van der Waals surface area contributed by atoms with Crippen LogP contribution >= 0.6 is 22.9 Å². The molecule has 6 nitrogen and oxygen atoms in total. The Morgan fingerprint density at radius 1 is 1.12 bits per heavy atom. The van der Waals surface area contributed by atoms with E-state index in [-0.39, 0.29) is 6.03 Å². The lowest BCUT2D eigenvalue weighted by Gasteiger charge is -2.35. The zero-order valence-corrected chi connectivity index (χ0v) is 20.4. The molecule has 1 atom stereocenters. The predicted octanol–water partition coefficient (Wildman–Crippen LogP) is 6.71. The fourth-order valence-electron chi connectivity index (χ4n) is 4.09. The van der Waals surface area contributed by atoms with Gasteiger partial charge < -0.3 is 9.84 Å². The Bertz CT molecular complexity index is 1350. The van der Waals surface area contributed by atoms with Crippen LogP contribution in [0.2, 0.25) is 5.02 Å². The van der Waals surface area contributed by atoms with Crippen molar-refractivity contribution >= 4 is 34.5 Å². The second kappa shape index (κ2) is 9.44. The van der Waals surface area contributed by atoms with Gasteiger partial charge in [0.1, 0.15) is 0 Å². The minimum Gasteiger partial charge on any atom is -0.334 e. The fourth-order valence-corrected chi connectivity index (χ4v) is 4.93. The number of nitrogens with zero attached hydrogens (tertiary/aromatic N) is 3. The Labute approximate surface area is 206 Å². The molecule has 1 unspecified atom stereocenters. The Morgan fingerprint density at radius 3 is 2.62 bits per heavy atom. The minimum atomic E-state index is -0.471. The van der Waals surface area contributed by atoms with E-state index in [1.165, 1.54) is 5.56 Å². The standard InChI is InChI=1S/C26H23ClN4O2S/c1-3-17-9-11-18(12-10-17)15-31-16(2)22(25-29-24(30-33-25)21-8-5-13-34-21)23(28-26(31)32)19-6-4-7-20(27)14-19/h4-14,23H,3,15H2,1-2H3,(H,28,32). The maximum absolute atomic E-state index is 13.3. The molecule has 0 fully saturated rings. The van der Waals surface area contributed by atoms with Crippen LogP contribution in [0.3, 0.4) is 0 Å². The molecule has 1 aliphatic rings. The predicted molar refractivity (Wildman–Crippen MR) is 134 cm³/mol. The Hall–Kier alpha value is -3.42. The van der Waals surface area contributed by atoms with Gasteiger partial charge in [-0.15, -0.1) is 11.3 Å². The summed E-state index contributed by atoms with van der Waals surface area (Å²) in [5.74, 6) is 0.894. The Balaban J connectivity index is 1.58. The molecule has 2 amide bonds. The first-order valence-corrected chi connectivity index (χ1v) is 12.3. The number of hydrogen-bond donors (Lipinski definition) is 1. The van der Waals surface area contributed by atoms with Gasteiger partial charge in [0.15, 0.2) is 0 Å². The summed E-state index contributed by atoms with van der Waals surface area (Å²) in [5, 5.41) is 9.87. The monoisotopic (exact) mass is 490 g/mol. The largest absolute Gasteiger partial charge is 0.334 e. The van der Waals surface area contributed by atoms with Crippen LogP contribution < -0.4 is 5.32 Å². The van der Waals surface area contributed by atoms with E-state index in [2.05, 4.69) is 46.6 Å². The van der Waals surface area contributed by atoms with Crippen LogP contribution in [0.25, 0.3) is 16.3 Å². The summed E-state index contributed by atoms with van der Waals surface area (Å²) in [7, 11) is 0. The minimum absolute atomic E-state index is 0.191. The number of aromatic nitrogens is 2. The average molecular weight is 491 g/mol. The highest BCUT2D eigenvalue weighted by Crippen LogP contribution is 2.38. The molecule has 0 radical (unpaired) electrons. The first-order valence-electron chi connectivity index (χ1n) is 11.0. The van der Waals surface area contributed by atoms with E-state index < -0.39 is 6.04 Å². The molecule has 8 heteroatoms. The highest BCUT2D eigenvalue weighted by Gasteiger charge is 2.36. The van der Waals surface area contributed by atoms with Gasteiger partial charge in [0.25, 0.3) is 5.89 Å². The molecule has 0 saturated heterocycles. The summed E-state index contributed by atoms with van der Waals surface area (Å²) in [5.41, 5.74) is 4.65. The number of thiophene rings is 1. The maximum Gasteiger partial charge on any atom is 0.322 e. The van der Waals surface area contributed by atoms with Crippen LogP contribution in [0.15, 0.2) is 76.3 Å². The molecule has 0 aliphatic carbocycles. The Kier molecular flexibility index (Phi) is 6.22. The lowest BCUT2D eigenvalue weighted by atomic mass is 9.94. The number of hydrogen-bond acceptors (Lipinski definition) is 5. The SMILES string of the molecule is CCc1ccc(CN2C(=O)NC(c3cccc(Cl)c3)C(c3nc(-c4cccs4)no3)=C2C)cc1. The summed E-state index contributed by atoms with van der Waals surface area (Å²) in [6.45, 7) is 4.47. The third-order valence-electron chi connectivity index (χ3n) is 5.95. The van der Waals surface area contributed by atoms with Gasteiger partial charge in [-0.05, 0) is 53.6 Å². The number of amides is 2. The van der Waals surface area contributed by atoms with Gasteiger partial charge >= 0.3 is 6.03 Å². The van der Waals surface area contributed by atoms with Gasteiger partial charge in [-0.2, -0.15) is 4.98 Å². The summed E-state index contributed by atoms with van der Waals surface area (Å²) in [6, 6.07) is 19.0. The van der Waals surface area contributed by atoms with Gasteiger partial charge in [0.05, 0.1) is 23.0 Å². The molecule has 2 aromatic carbocycles. The number of rotatable bonds is 6. The van der Waals surface area contributed by atoms with Crippen molar-refractivity contribution in [1.29, 1.82) is 0 Å². The normalized spacial score (nSPS) is 16.1. The number of urea groups is 1. The molecule has 0 spiro atoms. The number of allylic oxidation sites excluding steroid dienone is 1. The van der Waals surface area contributed by atoms with E-state index in [1.54, 1.807) is 22.3 Å². The summed E-state index contributed by atoms with van der Waals surface area (Å²) < 4.78 is 5.72. The van der Waals surface area contributed by atoms with Gasteiger partial charge in [0.2, 0.25) is 5.82 Å². The molecule has 172 valence electrons. The topological polar surface area (TPSA) is 71.3 Å². The van der Waals surface area contributed by atoms with Crippen molar-refractivity contribution in [3.8, 4) is 10.7 Å². The summed E-state index contributed by atoms with van der Waals surface area (Å²) in [6.07, 6.45) is 0.971. The molecule has 5 rings (SSSR count). The smallest absolute Gasteiger partial charge is 0.322 e. The third-order valence-corrected chi connectivity index (χ3v) is 7.05. The van der Waals surface area contributed by atoms with E-state index in [9.17, 15) is 4.79 Å². The molecule has 0 saturated carbocycles. The second-order valence-electron chi connectivity index (χ2n) is 8.09. The van der Waals surface area contributed by atoms with E-state index in [1.807, 2.05) is 42.6 Å². The third kappa shape index (κ3) is 4.36. The molecule has 1 aliphatic heterocycles. The van der Waals surface area contributed by atoms with Crippen molar-refractivity contribution in [2.75, 3.05) is 0 Å². The molecular weight excluding hydrogens is 468 g/mol. The number of carbonyl (C=O) groups excluding carboxylic acids is 1. The van der Waals surface area contributed by atoms with Crippen LogP contribution in [0, 0.1) is 0 Å². The van der Waals surface area contributed by atoms with Gasteiger partial charge in [-0.3, -0.25) is 4.90 Å². The number of nitrogens with one attached hydrogen (secondary N) is 1. The fraction of sp³-hybridized carbons (Fsp3) is 0.192. The van der Waals surface area contributed by atoms with Crippen molar-refractivity contribution in [1.82, 2.24) is 20.4 Å². The lowest BCUT2D eigenvalue weighted by molar-refractivity contribution is 0.203. The zero-order chi connectivity index (χ0) is 23.7. The lowest BCUT2D eigenvalue weighted by Crippen LogP contribution is -2.45. The van der Waals surface area contributed by atoms with Crippen molar-refractivity contribution in [2.45, 2.75) is 32.9 Å². The van der Waals surface area contributed by atoms with E-state index >= 15 is 0 Å². The van der Waals surface area contributed by atoms with Crippen LogP contribution in [0.1, 0.15) is 42.5 Å². The first-order chi connectivity index (χ1) is 16.5. The Morgan fingerprint density at radius 2 is 1.91 bits per heavy atom. The van der Waals surface area contributed by atoms with Crippen LogP contribution in [0.4, 0.5) is 4.79 Å². The van der Waals surface area contributed by atoms with E-state index in [0.717, 1.165) is 33.7 Å². The highest BCUT2D eigenvalue weighted by atomic mass is 35.5. The molecule has 34 heavy (non-hydrogen) atoms. The number of aryl methyl sites for hydroxylation is 1. The number of benzene rings is 2. The zero-order valence-electron chi connectivity index (χ0n) is 18.8. The van der Waals surface area contributed by atoms with Crippen LogP contribution in [-0.2, 0) is 13.0 Å². The summed E-state index contributed by atoms with van der Waals surface area (Å²) >= 11 is 7.82. The van der Waals surface area contributed by atoms with Crippen LogP contribution in [-0.4, -0.2) is 21.1 Å². The number of halogens is 1. The molecule has 0 bridgehead atoms. The molecular formula is C26H23ClN4O2S. The first kappa shape index (κ1) is 22.4. The number of carbonyl (C=O) groups is 1. The van der Waals surface area contributed by atoms with E-state index in [4.69, 9.17) is 16.1 Å². The average Bonchev–Trinajstić information content (AvgIpc) is 3.54. The molecule has 3 heterocycles. The van der Waals surface area contributed by atoms with Crippen LogP contribution in [0.5, 0.6) is 0 Å². The summed E-state index contributed by atoms with van der Waals surface area (Å²) in [4.78, 5) is 20.6. The molecule has 2 aromatic heterocycles. The van der Waals surface area contributed by atoms with Gasteiger partial charge in [-0.25, -0.2) is 4.79 Å². The van der Waals surface area contributed by atoms with Crippen molar-refractivity contribution in [3.05, 3.63) is 99.3 Å². The second-order valence-corrected chi connectivity index (χ2v) is 9.48. The van der Waals surface area contributed by atoms with Crippen molar-refractivity contribution in [3.63, 3.8) is 0 Å². The molecule has 1 N–H and O–H groups in total. The molecule has 4 aromatic rings.